The van der Waals surface area contributed by atoms with E-state index in [-0.39, 0.29) is 0 Å². The largest absolute Gasteiger partial charge is 0.366 e. The zero-order valence-electron chi connectivity index (χ0n) is 13.0. The van der Waals surface area contributed by atoms with Gasteiger partial charge in [0, 0.05) is 44.4 Å². The van der Waals surface area contributed by atoms with Gasteiger partial charge in [-0.2, -0.15) is 21.4 Å². The van der Waals surface area contributed by atoms with Gasteiger partial charge < -0.3 is 4.90 Å². The van der Waals surface area contributed by atoms with Crippen LogP contribution in [0.25, 0.3) is 5.65 Å². The van der Waals surface area contributed by atoms with E-state index >= 15 is 0 Å². The highest BCUT2D eigenvalue weighted by atomic mass is 32.2. The summed E-state index contributed by atoms with van der Waals surface area (Å²) in [6.45, 7) is 5.57. The lowest BCUT2D eigenvalue weighted by Gasteiger charge is -2.36. The number of anilines is 1. The molecule has 1 saturated carbocycles. The zero-order chi connectivity index (χ0) is 14.9. The maximum absolute atomic E-state index is 4.66. The summed E-state index contributed by atoms with van der Waals surface area (Å²) in [7, 11) is 0. The Morgan fingerprint density at radius 2 is 2.05 bits per heavy atom. The van der Waals surface area contributed by atoms with Crippen LogP contribution in [0.2, 0.25) is 0 Å². The van der Waals surface area contributed by atoms with Gasteiger partial charge in [-0.3, -0.25) is 4.90 Å². The van der Waals surface area contributed by atoms with Crippen LogP contribution < -0.4 is 4.90 Å². The SMILES string of the molecule is CSCCN1CCN(c2cc(C3CC3)nn3cnnc23)CC1. The van der Waals surface area contributed by atoms with Crippen molar-refractivity contribution in [3.8, 4) is 0 Å². The van der Waals surface area contributed by atoms with Crippen molar-refractivity contribution in [2.24, 2.45) is 0 Å². The topological polar surface area (TPSA) is 49.6 Å². The van der Waals surface area contributed by atoms with Crippen LogP contribution in [0.1, 0.15) is 24.5 Å². The standard InChI is InChI=1S/C15H22N6S/c1-22-9-8-19-4-6-20(7-5-19)14-10-13(12-2-3-12)18-21-11-16-17-15(14)21/h10-12H,2-9H2,1H3. The third-order valence-electron chi connectivity index (χ3n) is 4.59. The molecule has 1 aliphatic heterocycles. The minimum Gasteiger partial charge on any atom is -0.366 e. The van der Waals surface area contributed by atoms with Crippen LogP contribution in [-0.4, -0.2) is 69.4 Å². The first-order valence-corrected chi connectivity index (χ1v) is 9.42. The molecular formula is C15H22N6S. The van der Waals surface area contributed by atoms with E-state index in [2.05, 4.69) is 37.4 Å². The van der Waals surface area contributed by atoms with E-state index < -0.39 is 0 Å². The molecule has 1 saturated heterocycles. The summed E-state index contributed by atoms with van der Waals surface area (Å²) < 4.78 is 1.85. The molecule has 0 spiro atoms. The second kappa shape index (κ2) is 6.04. The van der Waals surface area contributed by atoms with Crippen LogP contribution in [0, 0.1) is 0 Å². The summed E-state index contributed by atoms with van der Waals surface area (Å²) in [4.78, 5) is 5.00. The van der Waals surface area contributed by atoms with E-state index in [0.717, 1.165) is 31.8 Å². The van der Waals surface area contributed by atoms with Crippen molar-refractivity contribution in [2.45, 2.75) is 18.8 Å². The molecule has 0 aromatic carbocycles. The number of piperazine rings is 1. The van der Waals surface area contributed by atoms with Gasteiger partial charge in [0.25, 0.3) is 0 Å². The number of nitrogens with zero attached hydrogens (tertiary/aromatic N) is 6. The van der Waals surface area contributed by atoms with Crippen molar-refractivity contribution in [2.75, 3.05) is 49.6 Å². The van der Waals surface area contributed by atoms with Crippen molar-refractivity contribution in [1.29, 1.82) is 0 Å². The number of hydrogen-bond acceptors (Lipinski definition) is 6. The second-order valence-corrected chi connectivity index (χ2v) is 7.13. The summed E-state index contributed by atoms with van der Waals surface area (Å²) in [6.07, 6.45) is 6.43. The van der Waals surface area contributed by atoms with Crippen molar-refractivity contribution in [3.05, 3.63) is 18.1 Å². The first kappa shape index (κ1) is 14.3. The van der Waals surface area contributed by atoms with Gasteiger partial charge in [-0.25, -0.2) is 0 Å². The predicted molar refractivity (Wildman–Crippen MR) is 89.8 cm³/mol. The smallest absolute Gasteiger partial charge is 0.200 e. The lowest BCUT2D eigenvalue weighted by atomic mass is 10.2. The first-order chi connectivity index (χ1) is 10.8. The van der Waals surface area contributed by atoms with E-state index in [4.69, 9.17) is 0 Å². The van der Waals surface area contributed by atoms with Crippen molar-refractivity contribution >= 4 is 23.1 Å². The normalized spacial score (nSPS) is 20.0. The van der Waals surface area contributed by atoms with Crippen LogP contribution in [0.5, 0.6) is 0 Å². The van der Waals surface area contributed by atoms with Gasteiger partial charge in [0.2, 0.25) is 5.65 Å². The number of aromatic nitrogens is 4. The molecule has 0 bridgehead atoms. The quantitative estimate of drug-likeness (QED) is 0.832. The molecular weight excluding hydrogens is 296 g/mol. The average molecular weight is 318 g/mol. The number of rotatable bonds is 5. The third-order valence-corrected chi connectivity index (χ3v) is 5.18. The summed E-state index contributed by atoms with van der Waals surface area (Å²) in [5, 5.41) is 13.0. The minimum absolute atomic E-state index is 0.647. The molecule has 22 heavy (non-hydrogen) atoms. The van der Waals surface area contributed by atoms with Gasteiger partial charge >= 0.3 is 0 Å². The lowest BCUT2D eigenvalue weighted by molar-refractivity contribution is 0.273. The highest BCUT2D eigenvalue weighted by Crippen LogP contribution is 2.40. The summed E-state index contributed by atoms with van der Waals surface area (Å²) in [5.74, 6) is 1.86. The molecule has 2 aromatic heterocycles. The number of fused-ring (bicyclic) bond motifs is 1. The van der Waals surface area contributed by atoms with E-state index in [9.17, 15) is 0 Å². The van der Waals surface area contributed by atoms with Crippen molar-refractivity contribution in [1.82, 2.24) is 24.7 Å². The summed E-state index contributed by atoms with van der Waals surface area (Å²) >= 11 is 1.92. The Morgan fingerprint density at radius 1 is 1.23 bits per heavy atom. The number of hydrogen-bond donors (Lipinski definition) is 0. The molecule has 6 nitrogen and oxygen atoms in total. The molecule has 1 aliphatic carbocycles. The molecule has 0 amide bonds. The van der Waals surface area contributed by atoms with E-state index in [0.29, 0.717) is 5.92 Å². The highest BCUT2D eigenvalue weighted by Gasteiger charge is 2.28. The molecule has 3 heterocycles. The average Bonchev–Trinajstić information content (AvgIpc) is 3.30. The predicted octanol–water partition coefficient (Wildman–Crippen LogP) is 1.49. The van der Waals surface area contributed by atoms with Gasteiger partial charge in [0.1, 0.15) is 6.33 Å². The summed E-state index contributed by atoms with van der Waals surface area (Å²) in [6, 6.07) is 2.25. The Morgan fingerprint density at radius 3 is 2.77 bits per heavy atom. The monoisotopic (exact) mass is 318 g/mol. The molecule has 2 aromatic rings. The molecule has 4 rings (SSSR count). The Labute approximate surface area is 134 Å². The van der Waals surface area contributed by atoms with Gasteiger partial charge in [-0.05, 0) is 25.2 Å². The van der Waals surface area contributed by atoms with Crippen LogP contribution in [0.3, 0.4) is 0 Å². The Kier molecular flexibility index (Phi) is 3.92. The molecule has 2 fully saturated rings. The van der Waals surface area contributed by atoms with Crippen molar-refractivity contribution < 1.29 is 0 Å². The molecule has 2 aliphatic rings. The van der Waals surface area contributed by atoms with E-state index in [1.54, 1.807) is 6.33 Å². The lowest BCUT2D eigenvalue weighted by Crippen LogP contribution is -2.47. The van der Waals surface area contributed by atoms with Gasteiger partial charge in [-0.1, -0.05) is 0 Å². The van der Waals surface area contributed by atoms with Crippen LogP contribution in [0.15, 0.2) is 12.4 Å². The number of thioether (sulfide) groups is 1. The molecule has 118 valence electrons. The minimum atomic E-state index is 0.647. The van der Waals surface area contributed by atoms with E-state index in [1.807, 2.05) is 16.3 Å². The Balaban J connectivity index is 1.55. The molecule has 0 radical (unpaired) electrons. The van der Waals surface area contributed by atoms with Crippen LogP contribution in [-0.2, 0) is 0 Å². The first-order valence-electron chi connectivity index (χ1n) is 8.02. The fraction of sp³-hybridized carbons (Fsp3) is 0.667. The Hall–Kier alpha value is -1.34. The fourth-order valence-corrected chi connectivity index (χ4v) is 3.51. The van der Waals surface area contributed by atoms with Crippen LogP contribution in [0.4, 0.5) is 5.69 Å². The molecule has 0 unspecified atom stereocenters. The Bertz CT molecular complexity index is 645. The second-order valence-electron chi connectivity index (χ2n) is 6.15. The molecule has 7 heteroatoms. The molecule has 0 atom stereocenters. The third kappa shape index (κ3) is 2.79. The highest BCUT2D eigenvalue weighted by molar-refractivity contribution is 7.98. The van der Waals surface area contributed by atoms with Crippen LogP contribution >= 0.6 is 11.8 Å². The molecule has 0 N–H and O–H groups in total. The zero-order valence-corrected chi connectivity index (χ0v) is 13.8. The maximum atomic E-state index is 4.66. The maximum Gasteiger partial charge on any atom is 0.200 e. The fourth-order valence-electron chi connectivity index (χ4n) is 3.07. The van der Waals surface area contributed by atoms with Crippen molar-refractivity contribution in [3.63, 3.8) is 0 Å². The van der Waals surface area contributed by atoms with Gasteiger partial charge in [0.05, 0.1) is 11.4 Å². The van der Waals surface area contributed by atoms with Gasteiger partial charge in [-0.15, -0.1) is 10.2 Å². The van der Waals surface area contributed by atoms with Gasteiger partial charge in [0.15, 0.2) is 0 Å². The van der Waals surface area contributed by atoms with E-state index in [1.165, 1.54) is 36.5 Å². The summed E-state index contributed by atoms with van der Waals surface area (Å²) in [5.41, 5.74) is 3.30.